The molecule has 25 heavy (non-hydrogen) atoms. The van der Waals surface area contributed by atoms with Crippen LogP contribution in [0.4, 0.5) is 10.5 Å². The van der Waals surface area contributed by atoms with Gasteiger partial charge in [0.15, 0.2) is 0 Å². The molecule has 1 heterocycles. The second kappa shape index (κ2) is 7.70. The van der Waals surface area contributed by atoms with E-state index in [1.807, 2.05) is 25.1 Å². The molecule has 6 nitrogen and oxygen atoms in total. The Morgan fingerprint density at radius 2 is 2.20 bits per heavy atom. The number of carbonyl (C=O) groups excluding carboxylic acids is 1. The number of aryl methyl sites for hydroxylation is 1. The fourth-order valence-corrected chi connectivity index (χ4v) is 3.30. The van der Waals surface area contributed by atoms with Crippen molar-refractivity contribution in [2.24, 2.45) is 5.92 Å². The van der Waals surface area contributed by atoms with Crippen molar-refractivity contribution < 1.29 is 14.3 Å². The monoisotopic (exact) mass is 343 g/mol. The minimum absolute atomic E-state index is 0.157. The van der Waals surface area contributed by atoms with Gasteiger partial charge in [-0.2, -0.15) is 0 Å². The average Bonchev–Trinajstić information content (AvgIpc) is 3.13. The Morgan fingerprint density at radius 1 is 1.40 bits per heavy atom. The molecule has 1 fully saturated rings. The lowest BCUT2D eigenvalue weighted by Crippen LogP contribution is -2.40. The number of nitrogens with zero attached hydrogens (tertiary/aromatic N) is 2. The molecule has 6 heteroatoms. The van der Waals surface area contributed by atoms with Crippen molar-refractivity contribution in [2.75, 3.05) is 18.9 Å². The molecule has 0 spiro atoms. The van der Waals surface area contributed by atoms with Gasteiger partial charge in [-0.25, -0.2) is 9.78 Å². The molecule has 2 unspecified atom stereocenters. The quantitative estimate of drug-likeness (QED) is 0.888. The zero-order chi connectivity index (χ0) is 17.8. The molecule has 0 saturated heterocycles. The van der Waals surface area contributed by atoms with Gasteiger partial charge in [0.25, 0.3) is 0 Å². The molecule has 2 N–H and O–H groups in total. The molecular formula is C19H25N3O3. The molecule has 2 amide bonds. The maximum Gasteiger partial charge on any atom is 0.321 e. The lowest BCUT2D eigenvalue weighted by molar-refractivity contribution is 0.0575. The molecular weight excluding hydrogens is 318 g/mol. The maximum absolute atomic E-state index is 12.5. The highest BCUT2D eigenvalue weighted by atomic mass is 16.3. The van der Waals surface area contributed by atoms with Crippen molar-refractivity contribution in [1.29, 1.82) is 0 Å². The number of urea groups is 1. The SMILES string of the molecule is Cc1ccc(-c2ncco2)cc1NC(=O)N(C)CC1CCCCC1O. The first kappa shape index (κ1) is 17.5. The molecule has 2 atom stereocenters. The van der Waals surface area contributed by atoms with Crippen LogP contribution in [0.25, 0.3) is 11.5 Å². The number of oxazole rings is 1. The standard InChI is InChI=1S/C19H25N3O3/c1-13-7-8-14(18-20-9-10-25-18)11-16(13)21-19(24)22(2)12-15-5-3-4-6-17(15)23/h7-11,15,17,23H,3-6,12H2,1-2H3,(H,21,24). The number of carbonyl (C=O) groups is 1. The summed E-state index contributed by atoms with van der Waals surface area (Å²) in [5, 5.41) is 13.1. The van der Waals surface area contributed by atoms with Crippen LogP contribution in [0.15, 0.2) is 35.1 Å². The van der Waals surface area contributed by atoms with Crippen LogP contribution in [0.3, 0.4) is 0 Å². The molecule has 0 radical (unpaired) electrons. The lowest BCUT2D eigenvalue weighted by Gasteiger charge is -2.31. The lowest BCUT2D eigenvalue weighted by atomic mass is 9.86. The van der Waals surface area contributed by atoms with E-state index in [0.717, 1.165) is 42.5 Å². The van der Waals surface area contributed by atoms with Gasteiger partial charge in [0.05, 0.1) is 12.3 Å². The van der Waals surface area contributed by atoms with E-state index in [1.54, 1.807) is 18.1 Å². The first-order chi connectivity index (χ1) is 12.0. The number of benzene rings is 1. The first-order valence-corrected chi connectivity index (χ1v) is 8.75. The van der Waals surface area contributed by atoms with E-state index in [9.17, 15) is 9.90 Å². The van der Waals surface area contributed by atoms with E-state index in [1.165, 1.54) is 6.26 Å². The molecule has 1 aliphatic carbocycles. The maximum atomic E-state index is 12.5. The second-order valence-electron chi connectivity index (χ2n) is 6.79. The van der Waals surface area contributed by atoms with Gasteiger partial charge in [0.1, 0.15) is 6.26 Å². The number of aliphatic hydroxyl groups excluding tert-OH is 1. The summed E-state index contributed by atoms with van der Waals surface area (Å²) in [5.41, 5.74) is 2.52. The summed E-state index contributed by atoms with van der Waals surface area (Å²) in [6.07, 6.45) is 6.80. The zero-order valence-corrected chi connectivity index (χ0v) is 14.7. The number of aromatic nitrogens is 1. The van der Waals surface area contributed by atoms with Crippen molar-refractivity contribution >= 4 is 11.7 Å². The molecule has 2 aromatic rings. The van der Waals surface area contributed by atoms with E-state index in [4.69, 9.17) is 4.42 Å². The smallest absolute Gasteiger partial charge is 0.321 e. The van der Waals surface area contributed by atoms with Crippen LogP contribution in [-0.2, 0) is 0 Å². The van der Waals surface area contributed by atoms with Crippen molar-refractivity contribution in [3.63, 3.8) is 0 Å². The molecule has 1 saturated carbocycles. The van der Waals surface area contributed by atoms with Gasteiger partial charge in [-0.1, -0.05) is 18.9 Å². The largest absolute Gasteiger partial charge is 0.445 e. The van der Waals surface area contributed by atoms with Crippen LogP contribution in [0, 0.1) is 12.8 Å². The highest BCUT2D eigenvalue weighted by molar-refractivity contribution is 5.90. The molecule has 1 aromatic heterocycles. The van der Waals surface area contributed by atoms with Crippen LogP contribution in [-0.4, -0.2) is 40.7 Å². The highest BCUT2D eigenvalue weighted by Crippen LogP contribution is 2.26. The zero-order valence-electron chi connectivity index (χ0n) is 14.7. The van der Waals surface area contributed by atoms with Crippen molar-refractivity contribution in [3.05, 3.63) is 36.2 Å². The predicted octanol–water partition coefficient (Wildman–Crippen LogP) is 3.66. The third kappa shape index (κ3) is 4.20. The molecule has 0 aliphatic heterocycles. The molecule has 3 rings (SSSR count). The van der Waals surface area contributed by atoms with Gasteiger partial charge in [-0.05, 0) is 37.5 Å². The van der Waals surface area contributed by atoms with E-state index in [2.05, 4.69) is 10.3 Å². The Bertz CT molecular complexity index is 715. The summed E-state index contributed by atoms with van der Waals surface area (Å²) < 4.78 is 5.32. The first-order valence-electron chi connectivity index (χ1n) is 8.75. The minimum Gasteiger partial charge on any atom is -0.445 e. The third-order valence-electron chi connectivity index (χ3n) is 4.88. The van der Waals surface area contributed by atoms with Crippen LogP contribution < -0.4 is 5.32 Å². The Kier molecular flexibility index (Phi) is 5.38. The molecule has 1 aromatic carbocycles. The Hall–Kier alpha value is -2.34. The topological polar surface area (TPSA) is 78.6 Å². The summed E-state index contributed by atoms with van der Waals surface area (Å²) in [4.78, 5) is 18.3. The van der Waals surface area contributed by atoms with Crippen molar-refractivity contribution in [2.45, 2.75) is 38.7 Å². The van der Waals surface area contributed by atoms with Gasteiger partial charge < -0.3 is 19.7 Å². The summed E-state index contributed by atoms with van der Waals surface area (Å²) in [7, 11) is 1.77. The van der Waals surface area contributed by atoms with Crippen LogP contribution >= 0.6 is 0 Å². The summed E-state index contributed by atoms with van der Waals surface area (Å²) in [6.45, 7) is 2.51. The van der Waals surface area contributed by atoms with E-state index in [-0.39, 0.29) is 18.1 Å². The van der Waals surface area contributed by atoms with Gasteiger partial charge in [0.2, 0.25) is 5.89 Å². The number of hydrogen-bond donors (Lipinski definition) is 2. The minimum atomic E-state index is -0.306. The summed E-state index contributed by atoms with van der Waals surface area (Å²) in [6, 6.07) is 5.53. The number of hydrogen-bond acceptors (Lipinski definition) is 4. The van der Waals surface area contributed by atoms with E-state index < -0.39 is 0 Å². The summed E-state index contributed by atoms with van der Waals surface area (Å²) >= 11 is 0. The number of nitrogens with one attached hydrogen (secondary N) is 1. The molecule has 0 bridgehead atoms. The Morgan fingerprint density at radius 3 is 2.92 bits per heavy atom. The number of anilines is 1. The van der Waals surface area contributed by atoms with Crippen LogP contribution in [0.5, 0.6) is 0 Å². The van der Waals surface area contributed by atoms with Crippen molar-refractivity contribution in [3.8, 4) is 11.5 Å². The number of rotatable bonds is 4. The van der Waals surface area contributed by atoms with E-state index >= 15 is 0 Å². The van der Waals surface area contributed by atoms with Gasteiger partial charge in [-0.15, -0.1) is 0 Å². The van der Waals surface area contributed by atoms with Crippen molar-refractivity contribution in [1.82, 2.24) is 9.88 Å². The van der Waals surface area contributed by atoms with Gasteiger partial charge in [0, 0.05) is 30.8 Å². The number of aliphatic hydroxyl groups is 1. The fraction of sp³-hybridized carbons (Fsp3) is 0.474. The predicted molar refractivity (Wildman–Crippen MR) is 96.3 cm³/mol. The Balaban J connectivity index is 1.66. The normalized spacial score (nSPS) is 20.3. The average molecular weight is 343 g/mol. The van der Waals surface area contributed by atoms with Gasteiger partial charge in [-0.3, -0.25) is 0 Å². The van der Waals surface area contributed by atoms with Crippen LogP contribution in [0.2, 0.25) is 0 Å². The second-order valence-corrected chi connectivity index (χ2v) is 6.79. The Labute approximate surface area is 147 Å². The fourth-order valence-electron chi connectivity index (χ4n) is 3.30. The molecule has 1 aliphatic rings. The third-order valence-corrected chi connectivity index (χ3v) is 4.88. The van der Waals surface area contributed by atoms with Gasteiger partial charge >= 0.3 is 6.03 Å². The van der Waals surface area contributed by atoms with E-state index in [0.29, 0.717) is 12.4 Å². The van der Waals surface area contributed by atoms with Crippen LogP contribution in [0.1, 0.15) is 31.2 Å². The number of amides is 2. The molecule has 134 valence electrons. The summed E-state index contributed by atoms with van der Waals surface area (Å²) in [5.74, 6) is 0.679. The highest BCUT2D eigenvalue weighted by Gasteiger charge is 2.25.